The number of anilines is 2. The maximum Gasteiger partial charge on any atom is 0.350 e. The van der Waals surface area contributed by atoms with Crippen molar-refractivity contribution < 1.29 is 9.53 Å². The van der Waals surface area contributed by atoms with Crippen LogP contribution in [0.25, 0.3) is 0 Å². The Hall–Kier alpha value is -1.27. The van der Waals surface area contributed by atoms with Crippen molar-refractivity contribution in [1.29, 1.82) is 0 Å². The second-order valence-electron chi connectivity index (χ2n) is 4.55. The van der Waals surface area contributed by atoms with Gasteiger partial charge in [-0.2, -0.15) is 0 Å². The first-order valence-electron chi connectivity index (χ1n) is 6.41. The Kier molecular flexibility index (Phi) is 6.11. The molecule has 1 rings (SSSR count). The monoisotopic (exact) mass is 285 g/mol. The van der Waals surface area contributed by atoms with Crippen molar-refractivity contribution in [2.75, 3.05) is 38.3 Å². The lowest BCUT2D eigenvalue weighted by Crippen LogP contribution is -2.32. The number of esters is 1. The van der Waals surface area contributed by atoms with Gasteiger partial charge in [0.1, 0.15) is 4.88 Å². The highest BCUT2D eigenvalue weighted by Crippen LogP contribution is 2.29. The van der Waals surface area contributed by atoms with Gasteiger partial charge in [0.15, 0.2) is 0 Å². The van der Waals surface area contributed by atoms with Crippen LogP contribution < -0.4 is 11.1 Å². The molecule has 1 heterocycles. The highest BCUT2D eigenvalue weighted by molar-refractivity contribution is 7.18. The van der Waals surface area contributed by atoms with E-state index in [0.717, 1.165) is 24.5 Å². The molecule has 0 aliphatic heterocycles. The molecule has 1 aromatic heterocycles. The standard InChI is InChI=1S/C13H23N3O2S/c1-5-9(2)16(3)7-6-15-11-8-10(14)12(19-11)13(17)18-4/h8-9,15H,5-7,14H2,1-4H3. The van der Waals surface area contributed by atoms with Crippen LogP contribution in [0.2, 0.25) is 0 Å². The number of carbonyl (C=O) groups is 1. The van der Waals surface area contributed by atoms with E-state index >= 15 is 0 Å². The predicted molar refractivity (Wildman–Crippen MR) is 80.9 cm³/mol. The largest absolute Gasteiger partial charge is 0.465 e. The van der Waals surface area contributed by atoms with Gasteiger partial charge in [-0.15, -0.1) is 11.3 Å². The van der Waals surface area contributed by atoms with Gasteiger partial charge < -0.3 is 20.7 Å². The third kappa shape index (κ3) is 4.40. The average Bonchev–Trinajstić information content (AvgIpc) is 2.77. The maximum atomic E-state index is 11.4. The molecule has 108 valence electrons. The molecule has 6 heteroatoms. The Balaban J connectivity index is 2.48. The molecule has 0 spiro atoms. The van der Waals surface area contributed by atoms with Crippen molar-refractivity contribution in [3.8, 4) is 0 Å². The summed E-state index contributed by atoms with van der Waals surface area (Å²) in [7, 11) is 3.47. The Labute approximate surface area is 118 Å². The maximum absolute atomic E-state index is 11.4. The van der Waals surface area contributed by atoms with Gasteiger partial charge in [0.25, 0.3) is 0 Å². The summed E-state index contributed by atoms with van der Waals surface area (Å²) in [6.45, 7) is 6.15. The number of nitrogens with one attached hydrogen (secondary N) is 1. The summed E-state index contributed by atoms with van der Waals surface area (Å²) in [6, 6.07) is 2.35. The Morgan fingerprint density at radius 1 is 1.63 bits per heavy atom. The number of nitrogens with zero attached hydrogens (tertiary/aromatic N) is 1. The second-order valence-corrected chi connectivity index (χ2v) is 5.60. The zero-order valence-corrected chi connectivity index (χ0v) is 12.8. The van der Waals surface area contributed by atoms with E-state index in [2.05, 4.69) is 35.8 Å². The van der Waals surface area contributed by atoms with Crippen molar-refractivity contribution in [1.82, 2.24) is 4.90 Å². The molecule has 0 bridgehead atoms. The van der Waals surface area contributed by atoms with Crippen LogP contribution in [0, 0.1) is 0 Å². The zero-order chi connectivity index (χ0) is 14.4. The van der Waals surface area contributed by atoms with Crippen LogP contribution in [-0.4, -0.2) is 44.2 Å². The van der Waals surface area contributed by atoms with Crippen LogP contribution in [0.5, 0.6) is 0 Å². The Bertz CT molecular complexity index is 420. The van der Waals surface area contributed by atoms with Crippen LogP contribution >= 0.6 is 11.3 Å². The molecule has 1 unspecified atom stereocenters. The van der Waals surface area contributed by atoms with Gasteiger partial charge in [-0.1, -0.05) is 6.92 Å². The first kappa shape index (κ1) is 15.8. The highest BCUT2D eigenvalue weighted by Gasteiger charge is 2.14. The minimum Gasteiger partial charge on any atom is -0.465 e. The van der Waals surface area contributed by atoms with Gasteiger partial charge >= 0.3 is 5.97 Å². The van der Waals surface area contributed by atoms with Crippen molar-refractivity contribution in [2.24, 2.45) is 0 Å². The van der Waals surface area contributed by atoms with Crippen LogP contribution in [0.15, 0.2) is 6.07 Å². The van der Waals surface area contributed by atoms with E-state index in [9.17, 15) is 4.79 Å². The summed E-state index contributed by atoms with van der Waals surface area (Å²) in [4.78, 5) is 14.2. The topological polar surface area (TPSA) is 67.6 Å². The fourth-order valence-corrected chi connectivity index (χ4v) is 2.56. The number of thiophene rings is 1. The molecule has 1 atom stereocenters. The van der Waals surface area contributed by atoms with E-state index in [-0.39, 0.29) is 5.97 Å². The minimum atomic E-state index is -0.382. The average molecular weight is 285 g/mol. The number of methoxy groups -OCH3 is 1. The third-order valence-electron chi connectivity index (χ3n) is 3.24. The Morgan fingerprint density at radius 3 is 2.89 bits per heavy atom. The number of rotatable bonds is 7. The molecule has 0 amide bonds. The van der Waals surface area contributed by atoms with Crippen LogP contribution in [0.3, 0.4) is 0 Å². The van der Waals surface area contributed by atoms with E-state index in [1.165, 1.54) is 18.4 Å². The van der Waals surface area contributed by atoms with Gasteiger partial charge in [-0.25, -0.2) is 4.79 Å². The number of nitrogen functional groups attached to an aromatic ring is 1. The lowest BCUT2D eigenvalue weighted by Gasteiger charge is -2.23. The van der Waals surface area contributed by atoms with Gasteiger partial charge in [-0.3, -0.25) is 0 Å². The fraction of sp³-hybridized carbons (Fsp3) is 0.615. The first-order valence-corrected chi connectivity index (χ1v) is 7.23. The van der Waals surface area contributed by atoms with Crippen LogP contribution in [0.4, 0.5) is 10.7 Å². The molecule has 0 aliphatic rings. The SMILES string of the molecule is CCC(C)N(C)CCNc1cc(N)c(C(=O)OC)s1. The molecule has 0 radical (unpaired) electrons. The molecule has 0 aromatic carbocycles. The molecule has 0 aliphatic carbocycles. The van der Waals surface area contributed by atoms with Crippen molar-refractivity contribution in [3.05, 3.63) is 10.9 Å². The summed E-state index contributed by atoms with van der Waals surface area (Å²) in [5.41, 5.74) is 6.25. The van der Waals surface area contributed by atoms with Crippen molar-refractivity contribution in [3.63, 3.8) is 0 Å². The van der Waals surface area contributed by atoms with E-state index in [1.54, 1.807) is 6.07 Å². The number of hydrogen-bond acceptors (Lipinski definition) is 6. The molecule has 3 N–H and O–H groups in total. The van der Waals surface area contributed by atoms with Gasteiger partial charge in [0.05, 0.1) is 17.8 Å². The normalized spacial score (nSPS) is 12.5. The van der Waals surface area contributed by atoms with Gasteiger partial charge in [0.2, 0.25) is 0 Å². The summed E-state index contributed by atoms with van der Waals surface area (Å²) < 4.78 is 4.67. The fourth-order valence-electron chi connectivity index (χ4n) is 1.63. The van der Waals surface area contributed by atoms with Crippen LogP contribution in [-0.2, 0) is 4.74 Å². The van der Waals surface area contributed by atoms with E-state index in [1.807, 2.05) is 0 Å². The van der Waals surface area contributed by atoms with Gasteiger partial charge in [-0.05, 0) is 26.5 Å². The smallest absolute Gasteiger partial charge is 0.350 e. The van der Waals surface area contributed by atoms with Crippen LogP contribution in [0.1, 0.15) is 29.9 Å². The lowest BCUT2D eigenvalue weighted by atomic mass is 10.2. The molecular weight excluding hydrogens is 262 g/mol. The second kappa shape index (κ2) is 7.35. The van der Waals surface area contributed by atoms with Crippen molar-refractivity contribution in [2.45, 2.75) is 26.3 Å². The van der Waals surface area contributed by atoms with Gasteiger partial charge in [0, 0.05) is 19.1 Å². The zero-order valence-electron chi connectivity index (χ0n) is 12.0. The number of ether oxygens (including phenoxy) is 1. The quantitative estimate of drug-likeness (QED) is 0.752. The van der Waals surface area contributed by atoms with E-state index in [4.69, 9.17) is 5.73 Å². The number of nitrogens with two attached hydrogens (primary N) is 1. The molecule has 0 saturated carbocycles. The van der Waals surface area contributed by atoms with E-state index in [0.29, 0.717) is 16.6 Å². The Morgan fingerprint density at radius 2 is 2.32 bits per heavy atom. The molecule has 1 aromatic rings. The van der Waals surface area contributed by atoms with E-state index < -0.39 is 0 Å². The summed E-state index contributed by atoms with van der Waals surface area (Å²) in [5, 5.41) is 4.18. The highest BCUT2D eigenvalue weighted by atomic mass is 32.1. The molecular formula is C13H23N3O2S. The first-order chi connectivity index (χ1) is 8.99. The number of carbonyl (C=O) groups excluding carboxylic acids is 1. The molecule has 0 fully saturated rings. The third-order valence-corrected chi connectivity index (χ3v) is 4.33. The summed E-state index contributed by atoms with van der Waals surface area (Å²) >= 11 is 1.33. The summed E-state index contributed by atoms with van der Waals surface area (Å²) in [6.07, 6.45) is 1.13. The molecule has 5 nitrogen and oxygen atoms in total. The molecule has 0 saturated heterocycles. The predicted octanol–water partition coefficient (Wildman–Crippen LogP) is 2.26. The van der Waals surface area contributed by atoms with Crippen molar-refractivity contribution >= 4 is 28.0 Å². The number of likely N-dealkylation sites (N-methyl/N-ethyl adjacent to an activating group) is 1. The summed E-state index contributed by atoms with van der Waals surface area (Å²) in [5.74, 6) is -0.382. The molecule has 19 heavy (non-hydrogen) atoms. The lowest BCUT2D eigenvalue weighted by molar-refractivity contribution is 0.0607. The number of hydrogen-bond donors (Lipinski definition) is 2. The minimum absolute atomic E-state index is 0.382.